The first-order valence-corrected chi connectivity index (χ1v) is 9.06. The third kappa shape index (κ3) is 4.70. The molecule has 8 nitrogen and oxygen atoms in total. The fourth-order valence-electron chi connectivity index (χ4n) is 3.07. The largest absolute Gasteiger partial charge is 0.496 e. The molecule has 2 amide bonds. The van der Waals surface area contributed by atoms with E-state index in [0.29, 0.717) is 48.9 Å². The van der Waals surface area contributed by atoms with Gasteiger partial charge in [0, 0.05) is 40.0 Å². The number of ether oxygens (including phenoxy) is 4. The number of nitrogens with zero attached hydrogens (tertiary/aromatic N) is 2. The molecule has 1 aromatic carbocycles. The van der Waals surface area contributed by atoms with Crippen molar-refractivity contribution in [3.05, 3.63) is 35.5 Å². The molecule has 1 aliphatic heterocycles. The molecule has 0 bridgehead atoms. The van der Waals surface area contributed by atoms with Gasteiger partial charge in [-0.1, -0.05) is 18.2 Å². The first kappa shape index (κ1) is 21.9. The quantitative estimate of drug-likeness (QED) is 0.492. The first-order chi connectivity index (χ1) is 13.6. The highest BCUT2D eigenvalue weighted by Crippen LogP contribution is 2.36. The van der Waals surface area contributed by atoms with Crippen LogP contribution in [0, 0.1) is 0 Å². The molecule has 8 heteroatoms. The second-order valence-electron chi connectivity index (χ2n) is 6.15. The summed E-state index contributed by atoms with van der Waals surface area (Å²) in [5, 5.41) is 0. The Balaban J connectivity index is 2.56. The van der Waals surface area contributed by atoms with E-state index < -0.39 is 0 Å². The van der Waals surface area contributed by atoms with Crippen LogP contribution in [0.2, 0.25) is 0 Å². The number of hydrogen-bond donors (Lipinski definition) is 0. The van der Waals surface area contributed by atoms with Crippen LogP contribution in [0.4, 0.5) is 0 Å². The third-order valence-electron chi connectivity index (χ3n) is 4.49. The van der Waals surface area contributed by atoms with Crippen LogP contribution in [0.25, 0.3) is 5.57 Å². The highest BCUT2D eigenvalue weighted by atomic mass is 16.5. The molecule has 0 spiro atoms. The van der Waals surface area contributed by atoms with Crippen LogP contribution in [-0.2, 0) is 23.8 Å². The molecule has 1 aliphatic rings. The number of benzene rings is 1. The maximum absolute atomic E-state index is 13.2. The van der Waals surface area contributed by atoms with E-state index in [1.165, 1.54) is 19.1 Å². The monoisotopic (exact) mass is 392 g/mol. The van der Waals surface area contributed by atoms with Crippen molar-refractivity contribution in [2.45, 2.75) is 0 Å². The van der Waals surface area contributed by atoms with Crippen LogP contribution in [-0.4, -0.2) is 89.5 Å². The summed E-state index contributed by atoms with van der Waals surface area (Å²) in [7, 11) is 6.26. The van der Waals surface area contributed by atoms with Crippen LogP contribution in [0.15, 0.2) is 30.0 Å². The van der Waals surface area contributed by atoms with E-state index in [4.69, 9.17) is 18.9 Å². The number of methoxy groups -OCH3 is 4. The summed E-state index contributed by atoms with van der Waals surface area (Å²) in [6.45, 7) is 2.16. The Labute approximate surface area is 165 Å². The Hall–Kier alpha value is -2.42. The van der Waals surface area contributed by atoms with Crippen LogP contribution in [0.3, 0.4) is 0 Å². The van der Waals surface area contributed by atoms with E-state index in [2.05, 4.69) is 0 Å². The lowest BCUT2D eigenvalue weighted by Crippen LogP contribution is -2.39. The van der Waals surface area contributed by atoms with Gasteiger partial charge in [0.05, 0.1) is 39.0 Å². The minimum atomic E-state index is -0.360. The molecule has 0 aromatic heterocycles. The highest BCUT2D eigenvalue weighted by Gasteiger charge is 2.42. The SMILES string of the molecule is COCCN(CCOC)C1=C(c2ccccc2OC)C(=O)N(CCOC)C1=O. The summed E-state index contributed by atoms with van der Waals surface area (Å²) in [6.07, 6.45) is 0. The van der Waals surface area contributed by atoms with Crippen LogP contribution >= 0.6 is 0 Å². The molecule has 0 atom stereocenters. The average Bonchev–Trinajstić information content (AvgIpc) is 2.96. The molecular formula is C20H28N2O6. The molecule has 0 saturated carbocycles. The zero-order valence-electron chi connectivity index (χ0n) is 16.9. The predicted octanol–water partition coefficient (Wildman–Crippen LogP) is 1.02. The third-order valence-corrected chi connectivity index (χ3v) is 4.49. The van der Waals surface area contributed by atoms with Crippen molar-refractivity contribution in [3.63, 3.8) is 0 Å². The van der Waals surface area contributed by atoms with Gasteiger partial charge >= 0.3 is 0 Å². The summed E-state index contributed by atoms with van der Waals surface area (Å²) < 4.78 is 20.9. The van der Waals surface area contributed by atoms with Gasteiger partial charge in [0.15, 0.2) is 0 Å². The van der Waals surface area contributed by atoms with Gasteiger partial charge in [0.25, 0.3) is 11.8 Å². The smallest absolute Gasteiger partial charge is 0.277 e. The molecule has 2 rings (SSSR count). The number of carbonyl (C=O) groups excluding carboxylic acids is 2. The Morgan fingerprint density at radius 2 is 1.46 bits per heavy atom. The molecule has 1 aromatic rings. The second kappa shape index (κ2) is 10.8. The molecular weight excluding hydrogens is 364 g/mol. The molecule has 0 fully saturated rings. The van der Waals surface area contributed by atoms with E-state index >= 15 is 0 Å². The predicted molar refractivity (Wildman–Crippen MR) is 104 cm³/mol. The second-order valence-corrected chi connectivity index (χ2v) is 6.15. The molecule has 0 aliphatic carbocycles. The zero-order valence-corrected chi connectivity index (χ0v) is 16.9. The Morgan fingerprint density at radius 1 is 0.857 bits per heavy atom. The Kier molecular flexibility index (Phi) is 8.43. The fraction of sp³-hybridized carbons (Fsp3) is 0.500. The lowest BCUT2D eigenvalue weighted by molar-refractivity contribution is -0.138. The van der Waals surface area contributed by atoms with Gasteiger partial charge < -0.3 is 23.8 Å². The molecule has 28 heavy (non-hydrogen) atoms. The molecule has 1 heterocycles. The summed E-state index contributed by atoms with van der Waals surface area (Å²) >= 11 is 0. The van der Waals surface area contributed by atoms with Gasteiger partial charge in [-0.15, -0.1) is 0 Å². The molecule has 0 unspecified atom stereocenters. The Bertz CT molecular complexity index is 710. The van der Waals surface area contributed by atoms with Crippen molar-refractivity contribution in [3.8, 4) is 5.75 Å². The summed E-state index contributed by atoms with van der Waals surface area (Å²) in [5.74, 6) is -0.181. The standard InChI is InChI=1S/C20H28N2O6/c1-25-12-9-21(10-13-26-2)18-17(15-7-5-6-8-16(15)28-4)19(23)22(20(18)24)11-14-27-3/h5-8H,9-14H2,1-4H3. The minimum Gasteiger partial charge on any atom is -0.496 e. The van der Waals surface area contributed by atoms with Gasteiger partial charge in [-0.25, -0.2) is 0 Å². The highest BCUT2D eigenvalue weighted by molar-refractivity contribution is 6.36. The summed E-state index contributed by atoms with van der Waals surface area (Å²) in [5.41, 5.74) is 1.24. The van der Waals surface area contributed by atoms with Gasteiger partial charge in [0.1, 0.15) is 11.4 Å². The van der Waals surface area contributed by atoms with E-state index in [1.807, 2.05) is 17.0 Å². The van der Waals surface area contributed by atoms with Gasteiger partial charge in [-0.05, 0) is 6.07 Å². The zero-order chi connectivity index (χ0) is 20.5. The average molecular weight is 392 g/mol. The number of para-hydroxylation sites is 1. The normalized spacial score (nSPS) is 14.2. The number of carbonyl (C=O) groups is 2. The van der Waals surface area contributed by atoms with Crippen molar-refractivity contribution in [2.75, 3.05) is 67.9 Å². The molecule has 0 radical (unpaired) electrons. The lowest BCUT2D eigenvalue weighted by atomic mass is 10.0. The van der Waals surface area contributed by atoms with Crippen molar-refractivity contribution in [1.82, 2.24) is 9.80 Å². The molecule has 154 valence electrons. The number of rotatable bonds is 12. The molecule has 0 saturated heterocycles. The lowest BCUT2D eigenvalue weighted by Gasteiger charge is -2.25. The van der Waals surface area contributed by atoms with E-state index in [0.717, 1.165) is 0 Å². The number of imide groups is 1. The van der Waals surface area contributed by atoms with Crippen LogP contribution in [0.1, 0.15) is 5.56 Å². The fourth-order valence-corrected chi connectivity index (χ4v) is 3.07. The maximum Gasteiger partial charge on any atom is 0.277 e. The summed E-state index contributed by atoms with van der Waals surface area (Å²) in [6, 6.07) is 7.18. The van der Waals surface area contributed by atoms with Gasteiger partial charge in [0.2, 0.25) is 0 Å². The maximum atomic E-state index is 13.2. The van der Waals surface area contributed by atoms with Gasteiger partial charge in [-0.3, -0.25) is 14.5 Å². The Morgan fingerprint density at radius 3 is 2.04 bits per heavy atom. The van der Waals surface area contributed by atoms with Gasteiger partial charge in [-0.2, -0.15) is 0 Å². The van der Waals surface area contributed by atoms with E-state index in [9.17, 15) is 9.59 Å². The number of hydrogen-bond acceptors (Lipinski definition) is 7. The molecule has 0 N–H and O–H groups in total. The topological polar surface area (TPSA) is 77.5 Å². The van der Waals surface area contributed by atoms with Crippen molar-refractivity contribution >= 4 is 17.4 Å². The number of amides is 2. The van der Waals surface area contributed by atoms with Crippen LogP contribution < -0.4 is 4.74 Å². The van der Waals surface area contributed by atoms with Crippen molar-refractivity contribution < 1.29 is 28.5 Å². The summed E-state index contributed by atoms with van der Waals surface area (Å²) in [4.78, 5) is 29.5. The minimum absolute atomic E-state index is 0.179. The van der Waals surface area contributed by atoms with Crippen LogP contribution in [0.5, 0.6) is 5.75 Å². The van der Waals surface area contributed by atoms with Crippen molar-refractivity contribution in [1.29, 1.82) is 0 Å². The first-order valence-electron chi connectivity index (χ1n) is 9.06. The van der Waals surface area contributed by atoms with E-state index in [-0.39, 0.29) is 25.0 Å². The van der Waals surface area contributed by atoms with Crippen molar-refractivity contribution in [2.24, 2.45) is 0 Å². The van der Waals surface area contributed by atoms with E-state index in [1.54, 1.807) is 26.4 Å².